The van der Waals surface area contributed by atoms with Gasteiger partial charge >= 0.3 is 0 Å². The molecule has 3 nitrogen and oxygen atoms in total. The van der Waals surface area contributed by atoms with Crippen LogP contribution in [0, 0.1) is 18.8 Å². The number of benzene rings is 1. The van der Waals surface area contributed by atoms with E-state index in [1.807, 2.05) is 0 Å². The van der Waals surface area contributed by atoms with Crippen LogP contribution in [0.15, 0.2) is 24.3 Å². The van der Waals surface area contributed by atoms with Crippen molar-refractivity contribution in [3.05, 3.63) is 35.4 Å². The first-order valence-electron chi connectivity index (χ1n) is 8.93. The van der Waals surface area contributed by atoms with E-state index in [4.69, 9.17) is 0 Å². The van der Waals surface area contributed by atoms with Crippen molar-refractivity contribution < 1.29 is 4.79 Å². The maximum absolute atomic E-state index is 12.5. The molecule has 1 saturated heterocycles. The maximum Gasteiger partial charge on any atom is 0.220 e. The molecule has 1 amide bonds. The van der Waals surface area contributed by atoms with Gasteiger partial charge < -0.3 is 10.6 Å². The minimum Gasteiger partial charge on any atom is -0.351 e. The standard InChI is InChI=1S/C20H32N2O.ClH/c1-15-8-5-6-9-17(15)13-20(3,4)22-19(23)12-16(2)18-10-7-11-21-14-18;/h5-6,8-9,16,18,21H,7,10-14H2,1-4H3,(H,22,23);1H. The molecule has 1 fully saturated rings. The number of halogens is 1. The zero-order valence-electron chi connectivity index (χ0n) is 15.5. The molecule has 0 saturated carbocycles. The lowest BCUT2D eigenvalue weighted by Crippen LogP contribution is -2.46. The predicted molar refractivity (Wildman–Crippen MR) is 104 cm³/mol. The van der Waals surface area contributed by atoms with Crippen molar-refractivity contribution in [1.82, 2.24) is 10.6 Å². The predicted octanol–water partition coefficient (Wildman–Crippen LogP) is 3.88. The monoisotopic (exact) mass is 352 g/mol. The van der Waals surface area contributed by atoms with Gasteiger partial charge in [0.2, 0.25) is 5.91 Å². The molecular weight excluding hydrogens is 320 g/mol. The Bertz CT molecular complexity index is 524. The van der Waals surface area contributed by atoms with E-state index < -0.39 is 0 Å². The number of nitrogens with one attached hydrogen (secondary N) is 2. The lowest BCUT2D eigenvalue weighted by molar-refractivity contribution is -0.123. The zero-order valence-corrected chi connectivity index (χ0v) is 16.3. The summed E-state index contributed by atoms with van der Waals surface area (Å²) in [6.45, 7) is 10.8. The highest BCUT2D eigenvalue weighted by atomic mass is 35.5. The Morgan fingerprint density at radius 3 is 2.71 bits per heavy atom. The van der Waals surface area contributed by atoms with E-state index in [0.717, 1.165) is 19.5 Å². The summed E-state index contributed by atoms with van der Waals surface area (Å²) in [5.41, 5.74) is 2.38. The Kier molecular flexibility index (Phi) is 8.24. The van der Waals surface area contributed by atoms with Crippen LogP contribution in [0.2, 0.25) is 0 Å². The highest BCUT2D eigenvalue weighted by molar-refractivity contribution is 5.85. The third-order valence-corrected chi connectivity index (χ3v) is 5.02. The Labute approximate surface area is 153 Å². The van der Waals surface area contributed by atoms with Crippen LogP contribution in [0.3, 0.4) is 0 Å². The molecule has 24 heavy (non-hydrogen) atoms. The van der Waals surface area contributed by atoms with Gasteiger partial charge in [0.1, 0.15) is 0 Å². The van der Waals surface area contributed by atoms with E-state index in [0.29, 0.717) is 18.3 Å². The number of piperidine rings is 1. The van der Waals surface area contributed by atoms with Gasteiger partial charge in [0.25, 0.3) is 0 Å². The smallest absolute Gasteiger partial charge is 0.220 e. The molecule has 2 unspecified atom stereocenters. The summed E-state index contributed by atoms with van der Waals surface area (Å²) in [5, 5.41) is 6.69. The van der Waals surface area contributed by atoms with Crippen molar-refractivity contribution >= 4 is 18.3 Å². The summed E-state index contributed by atoms with van der Waals surface area (Å²) in [7, 11) is 0. The second kappa shape index (κ2) is 9.43. The molecule has 136 valence electrons. The average Bonchev–Trinajstić information content (AvgIpc) is 2.49. The van der Waals surface area contributed by atoms with Crippen LogP contribution in [0.1, 0.15) is 51.2 Å². The summed E-state index contributed by atoms with van der Waals surface area (Å²) < 4.78 is 0. The topological polar surface area (TPSA) is 41.1 Å². The van der Waals surface area contributed by atoms with Gasteiger partial charge in [-0.2, -0.15) is 0 Å². The SMILES string of the molecule is Cc1ccccc1CC(C)(C)NC(=O)CC(C)C1CCCNC1.Cl. The molecule has 1 aliphatic rings. The summed E-state index contributed by atoms with van der Waals surface area (Å²) in [6, 6.07) is 8.41. The number of hydrogen-bond acceptors (Lipinski definition) is 2. The molecule has 2 N–H and O–H groups in total. The maximum atomic E-state index is 12.5. The van der Waals surface area contributed by atoms with Crippen LogP contribution in [0.5, 0.6) is 0 Å². The quantitative estimate of drug-likeness (QED) is 0.815. The van der Waals surface area contributed by atoms with E-state index in [2.05, 4.69) is 62.6 Å². The van der Waals surface area contributed by atoms with Gasteiger partial charge in [-0.05, 0) is 76.1 Å². The van der Waals surface area contributed by atoms with Crippen LogP contribution in [0.4, 0.5) is 0 Å². The molecule has 2 rings (SSSR count). The summed E-state index contributed by atoms with van der Waals surface area (Å²) in [6.07, 6.45) is 3.97. The molecule has 0 bridgehead atoms. The number of carbonyl (C=O) groups excluding carboxylic acids is 1. The average molecular weight is 353 g/mol. The number of amides is 1. The molecule has 4 heteroatoms. The van der Waals surface area contributed by atoms with Crippen molar-refractivity contribution in [3.63, 3.8) is 0 Å². The first kappa shape index (κ1) is 21.0. The highest BCUT2D eigenvalue weighted by Gasteiger charge is 2.26. The minimum absolute atomic E-state index is 0. The van der Waals surface area contributed by atoms with Gasteiger partial charge in [-0.1, -0.05) is 31.2 Å². The molecule has 0 radical (unpaired) electrons. The molecule has 0 aromatic heterocycles. The molecule has 1 heterocycles. The molecule has 2 atom stereocenters. The molecular formula is C20H33ClN2O. The summed E-state index contributed by atoms with van der Waals surface area (Å²) >= 11 is 0. The Hall–Kier alpha value is -1.06. The van der Waals surface area contributed by atoms with E-state index >= 15 is 0 Å². The van der Waals surface area contributed by atoms with Crippen LogP contribution < -0.4 is 10.6 Å². The largest absolute Gasteiger partial charge is 0.351 e. The number of hydrogen-bond donors (Lipinski definition) is 2. The fourth-order valence-electron chi connectivity index (χ4n) is 3.58. The molecule has 1 aliphatic heterocycles. The highest BCUT2D eigenvalue weighted by Crippen LogP contribution is 2.23. The van der Waals surface area contributed by atoms with Crippen molar-refractivity contribution in [2.45, 2.75) is 58.9 Å². The van der Waals surface area contributed by atoms with E-state index in [-0.39, 0.29) is 23.9 Å². The third kappa shape index (κ3) is 6.45. The van der Waals surface area contributed by atoms with Crippen molar-refractivity contribution in [2.24, 2.45) is 11.8 Å². The Balaban J connectivity index is 0.00000288. The summed E-state index contributed by atoms with van der Waals surface area (Å²) in [5.74, 6) is 1.26. The summed E-state index contributed by atoms with van der Waals surface area (Å²) in [4.78, 5) is 12.5. The van der Waals surface area contributed by atoms with Gasteiger partial charge in [0.15, 0.2) is 0 Å². The Morgan fingerprint density at radius 1 is 1.38 bits per heavy atom. The van der Waals surface area contributed by atoms with Crippen LogP contribution in [-0.2, 0) is 11.2 Å². The van der Waals surface area contributed by atoms with Crippen LogP contribution in [-0.4, -0.2) is 24.5 Å². The van der Waals surface area contributed by atoms with Crippen molar-refractivity contribution in [1.29, 1.82) is 0 Å². The first-order chi connectivity index (χ1) is 10.9. The van der Waals surface area contributed by atoms with Gasteiger partial charge in [-0.15, -0.1) is 12.4 Å². The first-order valence-corrected chi connectivity index (χ1v) is 8.93. The van der Waals surface area contributed by atoms with Crippen LogP contribution in [0.25, 0.3) is 0 Å². The normalized spacial score (nSPS) is 19.2. The third-order valence-electron chi connectivity index (χ3n) is 5.02. The lowest BCUT2D eigenvalue weighted by atomic mass is 9.85. The molecule has 0 spiro atoms. The number of rotatable bonds is 6. The van der Waals surface area contributed by atoms with Crippen molar-refractivity contribution in [2.75, 3.05) is 13.1 Å². The van der Waals surface area contributed by atoms with E-state index in [1.54, 1.807) is 0 Å². The van der Waals surface area contributed by atoms with Crippen LogP contribution >= 0.6 is 12.4 Å². The Morgan fingerprint density at radius 2 is 2.08 bits per heavy atom. The number of aryl methyl sites for hydroxylation is 1. The minimum atomic E-state index is -0.215. The van der Waals surface area contributed by atoms with E-state index in [1.165, 1.54) is 24.0 Å². The second-order valence-corrected chi connectivity index (χ2v) is 7.82. The fraction of sp³-hybridized carbons (Fsp3) is 0.650. The number of carbonyl (C=O) groups is 1. The van der Waals surface area contributed by atoms with Gasteiger partial charge in [-0.3, -0.25) is 4.79 Å². The lowest BCUT2D eigenvalue weighted by Gasteiger charge is -2.31. The van der Waals surface area contributed by atoms with Gasteiger partial charge in [0.05, 0.1) is 0 Å². The van der Waals surface area contributed by atoms with Gasteiger partial charge in [-0.25, -0.2) is 0 Å². The van der Waals surface area contributed by atoms with E-state index in [9.17, 15) is 4.79 Å². The van der Waals surface area contributed by atoms with Crippen molar-refractivity contribution in [3.8, 4) is 0 Å². The molecule has 1 aromatic rings. The zero-order chi connectivity index (χ0) is 16.9. The fourth-order valence-corrected chi connectivity index (χ4v) is 3.58. The molecule has 0 aliphatic carbocycles. The molecule has 1 aromatic carbocycles. The van der Waals surface area contributed by atoms with Gasteiger partial charge in [0, 0.05) is 12.0 Å². The second-order valence-electron chi connectivity index (χ2n) is 7.82.